The number of halogens is 1. The van der Waals surface area contributed by atoms with Crippen LogP contribution < -0.4 is 15.0 Å². The van der Waals surface area contributed by atoms with Crippen molar-refractivity contribution < 1.29 is 9.84 Å². The lowest BCUT2D eigenvalue weighted by molar-refractivity contribution is 0.165. The topological polar surface area (TPSA) is 70.5 Å². The summed E-state index contributed by atoms with van der Waals surface area (Å²) in [4.78, 5) is 11.0. The predicted octanol–water partition coefficient (Wildman–Crippen LogP) is 3.64. The summed E-state index contributed by atoms with van der Waals surface area (Å²) in [6.45, 7) is 4.25. The maximum atomic E-state index is 8.66. The van der Waals surface area contributed by atoms with Crippen molar-refractivity contribution in [2.45, 2.75) is 18.9 Å². The molecule has 5 rings (SSSR count). The number of nitrogens with zero attached hydrogens (tertiary/aromatic N) is 3. The van der Waals surface area contributed by atoms with Crippen molar-refractivity contribution in [3.05, 3.63) is 59.3 Å². The number of aliphatic hydroxyl groups excluding tert-OH is 1. The molecular formula is C23H27BrN4O2. The summed E-state index contributed by atoms with van der Waals surface area (Å²) in [6.07, 6.45) is 5.97. The Morgan fingerprint density at radius 3 is 2.63 bits per heavy atom. The molecule has 2 aliphatic heterocycles. The molecule has 0 radical (unpaired) electrons. The van der Waals surface area contributed by atoms with E-state index < -0.39 is 0 Å². The molecule has 2 saturated heterocycles. The molecule has 1 aromatic carbocycles. The number of rotatable bonds is 4. The second-order valence-corrected chi connectivity index (χ2v) is 8.54. The predicted molar refractivity (Wildman–Crippen MR) is 123 cm³/mol. The van der Waals surface area contributed by atoms with E-state index in [0.717, 1.165) is 60.6 Å². The number of piperidine rings is 1. The molecule has 0 saturated carbocycles. The molecule has 4 heterocycles. The molecule has 2 fully saturated rings. The first-order valence-corrected chi connectivity index (χ1v) is 11.2. The average molecular weight is 471 g/mol. The number of benzene rings is 1. The van der Waals surface area contributed by atoms with Crippen molar-refractivity contribution in [3.63, 3.8) is 0 Å². The molecule has 6 nitrogen and oxygen atoms in total. The highest BCUT2D eigenvalue weighted by Crippen LogP contribution is 2.28. The van der Waals surface area contributed by atoms with Crippen LogP contribution in [0.5, 0.6) is 5.75 Å². The summed E-state index contributed by atoms with van der Waals surface area (Å²) in [5.41, 5.74) is 1.03. The smallest absolute Gasteiger partial charge is 0.137 e. The van der Waals surface area contributed by atoms with Crippen LogP contribution in [0.25, 0.3) is 10.9 Å². The molecule has 0 atom stereocenters. The zero-order chi connectivity index (χ0) is 20.8. The van der Waals surface area contributed by atoms with Crippen LogP contribution in [0, 0.1) is 5.92 Å². The summed E-state index contributed by atoms with van der Waals surface area (Å²) in [5, 5.41) is 13.1. The molecule has 2 aromatic heterocycles. The Kier molecular flexibility index (Phi) is 7.15. The Hall–Kier alpha value is -2.22. The highest BCUT2D eigenvalue weighted by atomic mass is 79.9. The van der Waals surface area contributed by atoms with Gasteiger partial charge in [-0.1, -0.05) is 18.2 Å². The van der Waals surface area contributed by atoms with Gasteiger partial charge in [0.15, 0.2) is 0 Å². The van der Waals surface area contributed by atoms with Gasteiger partial charge in [-0.2, -0.15) is 0 Å². The van der Waals surface area contributed by atoms with Crippen molar-refractivity contribution in [2.75, 3.05) is 37.7 Å². The molecule has 0 unspecified atom stereocenters. The van der Waals surface area contributed by atoms with Crippen LogP contribution in [0.2, 0.25) is 0 Å². The number of aromatic nitrogens is 2. The average Bonchev–Trinajstić information content (AvgIpc) is 2.78. The summed E-state index contributed by atoms with van der Waals surface area (Å²) in [6, 6.07) is 14.2. The summed E-state index contributed by atoms with van der Waals surface area (Å²) < 4.78 is 6.85. The van der Waals surface area contributed by atoms with E-state index >= 15 is 0 Å². The Morgan fingerprint density at radius 2 is 1.90 bits per heavy atom. The minimum atomic E-state index is 0.187. The number of aliphatic hydroxyl groups is 1. The standard InChI is InChI=1S/C17H14BrN3O.C6H13NO/c18-14-9-19-8-7-16(14)22-13-10-21(11-13)17-6-5-12-3-1-2-4-15(12)20-17;8-5-6-1-3-7-4-2-6/h1-9,13H,10-11H2;6-8H,1-5H2. The van der Waals surface area contributed by atoms with Crippen molar-refractivity contribution in [3.8, 4) is 5.75 Å². The van der Waals surface area contributed by atoms with Gasteiger partial charge in [-0.3, -0.25) is 4.98 Å². The van der Waals surface area contributed by atoms with Gasteiger partial charge in [0.1, 0.15) is 17.7 Å². The third-order valence-corrected chi connectivity index (χ3v) is 6.10. The van der Waals surface area contributed by atoms with E-state index in [9.17, 15) is 0 Å². The van der Waals surface area contributed by atoms with Crippen LogP contribution in [0.1, 0.15) is 12.8 Å². The Bertz CT molecular complexity index is 959. The van der Waals surface area contributed by atoms with Crippen LogP contribution >= 0.6 is 15.9 Å². The summed E-state index contributed by atoms with van der Waals surface area (Å²) in [7, 11) is 0. The number of fused-ring (bicyclic) bond motifs is 1. The highest BCUT2D eigenvalue weighted by molar-refractivity contribution is 9.10. The van der Waals surface area contributed by atoms with Crippen molar-refractivity contribution in [2.24, 2.45) is 5.92 Å². The third-order valence-electron chi connectivity index (χ3n) is 5.50. The van der Waals surface area contributed by atoms with Crippen LogP contribution in [0.4, 0.5) is 5.82 Å². The fraction of sp³-hybridized carbons (Fsp3) is 0.391. The maximum absolute atomic E-state index is 8.66. The fourth-order valence-corrected chi connectivity index (χ4v) is 3.98. The molecule has 0 spiro atoms. The van der Waals surface area contributed by atoms with Crippen LogP contribution in [-0.2, 0) is 0 Å². The summed E-state index contributed by atoms with van der Waals surface area (Å²) >= 11 is 3.45. The highest BCUT2D eigenvalue weighted by Gasteiger charge is 2.30. The zero-order valence-electron chi connectivity index (χ0n) is 16.9. The molecule has 158 valence electrons. The van der Waals surface area contributed by atoms with Gasteiger partial charge in [0, 0.05) is 24.4 Å². The quantitative estimate of drug-likeness (QED) is 0.606. The second-order valence-electron chi connectivity index (χ2n) is 7.69. The van der Waals surface area contributed by atoms with Crippen LogP contribution in [0.15, 0.2) is 59.3 Å². The zero-order valence-corrected chi connectivity index (χ0v) is 18.5. The first-order chi connectivity index (χ1) is 14.7. The maximum Gasteiger partial charge on any atom is 0.137 e. The van der Waals surface area contributed by atoms with Gasteiger partial charge in [0.25, 0.3) is 0 Å². The summed E-state index contributed by atoms with van der Waals surface area (Å²) in [5.74, 6) is 2.43. The Labute approximate surface area is 185 Å². The fourth-order valence-electron chi connectivity index (χ4n) is 3.63. The lowest BCUT2D eigenvalue weighted by Crippen LogP contribution is -2.54. The number of hydrogen-bond acceptors (Lipinski definition) is 6. The molecule has 2 aliphatic rings. The van der Waals surface area contributed by atoms with Crippen molar-refractivity contribution in [1.29, 1.82) is 0 Å². The largest absolute Gasteiger partial charge is 0.485 e. The Morgan fingerprint density at radius 1 is 1.10 bits per heavy atom. The van der Waals surface area contributed by atoms with Crippen LogP contribution in [0.3, 0.4) is 0 Å². The molecule has 0 bridgehead atoms. The molecule has 7 heteroatoms. The van der Waals surface area contributed by atoms with Gasteiger partial charge in [-0.05, 0) is 72.0 Å². The number of nitrogens with one attached hydrogen (secondary N) is 1. The Balaban J connectivity index is 0.000000230. The SMILES string of the molecule is Brc1cnccc1OC1CN(c2ccc3ccccc3n2)C1.OCC1CCNCC1. The lowest BCUT2D eigenvalue weighted by atomic mass is 10.00. The first kappa shape index (κ1) is 21.0. The third kappa shape index (κ3) is 5.28. The molecule has 2 N–H and O–H groups in total. The van der Waals surface area contributed by atoms with Gasteiger partial charge in [-0.25, -0.2) is 4.98 Å². The van der Waals surface area contributed by atoms with E-state index in [2.05, 4.69) is 49.3 Å². The number of anilines is 1. The van der Waals surface area contributed by atoms with E-state index in [-0.39, 0.29) is 6.10 Å². The minimum absolute atomic E-state index is 0.187. The van der Waals surface area contributed by atoms with Crippen LogP contribution in [-0.4, -0.2) is 54.0 Å². The lowest BCUT2D eigenvalue weighted by Gasteiger charge is -2.40. The second kappa shape index (κ2) is 10.2. The van der Waals surface area contributed by atoms with Crippen molar-refractivity contribution in [1.82, 2.24) is 15.3 Å². The minimum Gasteiger partial charge on any atom is -0.485 e. The van der Waals surface area contributed by atoms with E-state index in [1.165, 1.54) is 5.39 Å². The van der Waals surface area contributed by atoms with Gasteiger partial charge in [-0.15, -0.1) is 0 Å². The number of ether oxygens (including phenoxy) is 1. The molecule has 0 aliphatic carbocycles. The monoisotopic (exact) mass is 470 g/mol. The van der Waals surface area contributed by atoms with E-state index in [4.69, 9.17) is 14.8 Å². The number of para-hydroxylation sites is 1. The van der Waals surface area contributed by atoms with E-state index in [1.807, 2.05) is 24.3 Å². The van der Waals surface area contributed by atoms with Gasteiger partial charge < -0.3 is 20.1 Å². The number of hydrogen-bond donors (Lipinski definition) is 2. The molecular weight excluding hydrogens is 444 g/mol. The van der Waals surface area contributed by atoms with E-state index in [0.29, 0.717) is 12.5 Å². The van der Waals surface area contributed by atoms with Gasteiger partial charge >= 0.3 is 0 Å². The van der Waals surface area contributed by atoms with E-state index in [1.54, 1.807) is 12.4 Å². The normalized spacial score (nSPS) is 17.2. The van der Waals surface area contributed by atoms with Crippen molar-refractivity contribution >= 4 is 32.7 Å². The van der Waals surface area contributed by atoms with Gasteiger partial charge in [0.2, 0.25) is 0 Å². The molecule has 30 heavy (non-hydrogen) atoms. The number of pyridine rings is 2. The van der Waals surface area contributed by atoms with Gasteiger partial charge in [0.05, 0.1) is 23.1 Å². The molecule has 0 amide bonds. The molecule has 3 aromatic rings. The first-order valence-electron chi connectivity index (χ1n) is 10.4.